The summed E-state index contributed by atoms with van der Waals surface area (Å²) < 4.78 is 6.01. The van der Waals surface area contributed by atoms with E-state index in [1.54, 1.807) is 11.1 Å². The summed E-state index contributed by atoms with van der Waals surface area (Å²) in [6.07, 6.45) is 8.47. The molecule has 0 radical (unpaired) electrons. The molecule has 3 atom stereocenters. The Balaban J connectivity index is 1.80. The molecule has 4 rings (SSSR count). The zero-order valence-electron chi connectivity index (χ0n) is 14.3. The third-order valence-corrected chi connectivity index (χ3v) is 6.46. The molecule has 2 nitrogen and oxygen atoms in total. The monoisotopic (exact) mass is 299 g/mol. The highest BCUT2D eigenvalue weighted by atomic mass is 16.5. The lowest BCUT2D eigenvalue weighted by Gasteiger charge is -2.58. The van der Waals surface area contributed by atoms with Gasteiger partial charge >= 0.3 is 0 Å². The van der Waals surface area contributed by atoms with Crippen LogP contribution in [0.15, 0.2) is 18.2 Å². The van der Waals surface area contributed by atoms with Crippen LogP contribution in [0.1, 0.15) is 57.1 Å². The second kappa shape index (κ2) is 5.26. The summed E-state index contributed by atoms with van der Waals surface area (Å²) in [7, 11) is 2.34. The number of likely N-dealkylation sites (N-methyl/N-ethyl adjacent to an activating group) is 1. The van der Waals surface area contributed by atoms with Crippen LogP contribution in [0, 0.1) is 5.92 Å². The average Bonchev–Trinajstić information content (AvgIpc) is 2.51. The van der Waals surface area contributed by atoms with Gasteiger partial charge in [-0.05, 0) is 82.3 Å². The highest BCUT2D eigenvalue weighted by molar-refractivity contribution is 5.45. The predicted octanol–water partition coefficient (Wildman–Crippen LogP) is 4.16. The molecule has 1 aliphatic heterocycles. The van der Waals surface area contributed by atoms with Crippen molar-refractivity contribution in [3.05, 3.63) is 29.3 Å². The molecule has 0 amide bonds. The third kappa shape index (κ3) is 2.11. The van der Waals surface area contributed by atoms with Crippen LogP contribution in [0.4, 0.5) is 0 Å². The summed E-state index contributed by atoms with van der Waals surface area (Å²) in [5, 5.41) is 0. The minimum absolute atomic E-state index is 0.256. The molecule has 1 saturated carbocycles. The van der Waals surface area contributed by atoms with Crippen LogP contribution in [0.5, 0.6) is 5.75 Å². The number of ether oxygens (including phenoxy) is 1. The van der Waals surface area contributed by atoms with Crippen LogP contribution in [-0.4, -0.2) is 30.6 Å². The Bertz CT molecular complexity index is 567. The largest absolute Gasteiger partial charge is 0.491 e. The van der Waals surface area contributed by atoms with Crippen molar-refractivity contribution in [3.8, 4) is 5.75 Å². The zero-order valence-corrected chi connectivity index (χ0v) is 14.3. The molecule has 1 aromatic carbocycles. The van der Waals surface area contributed by atoms with Gasteiger partial charge in [0.25, 0.3) is 0 Å². The van der Waals surface area contributed by atoms with Gasteiger partial charge in [-0.2, -0.15) is 0 Å². The van der Waals surface area contributed by atoms with Crippen LogP contribution in [0.25, 0.3) is 0 Å². The lowest BCUT2D eigenvalue weighted by atomic mass is 9.52. The standard InChI is InChI=1S/C20H29NO/c1-14(2)22-16-8-7-15-12-19-17-6-4-5-9-20(17,18(15)13-16)10-11-21(19)3/h7-8,13-14,17,19H,4-6,9-12H2,1-3H3/t17?,19-,20+/m1/s1. The van der Waals surface area contributed by atoms with Crippen molar-refractivity contribution in [3.63, 3.8) is 0 Å². The molecule has 0 spiro atoms. The number of hydrogen-bond donors (Lipinski definition) is 0. The van der Waals surface area contributed by atoms with E-state index in [1.165, 1.54) is 45.1 Å². The molecule has 1 aromatic rings. The summed E-state index contributed by atoms with van der Waals surface area (Å²) in [6, 6.07) is 7.70. The Morgan fingerprint density at radius 1 is 1.23 bits per heavy atom. The van der Waals surface area contributed by atoms with E-state index >= 15 is 0 Å². The zero-order chi connectivity index (χ0) is 15.3. The number of nitrogens with zero attached hydrogens (tertiary/aromatic N) is 1. The Morgan fingerprint density at radius 2 is 2.09 bits per heavy atom. The fourth-order valence-electron chi connectivity index (χ4n) is 5.52. The lowest BCUT2D eigenvalue weighted by molar-refractivity contribution is 0.00266. The van der Waals surface area contributed by atoms with Gasteiger partial charge in [-0.3, -0.25) is 0 Å². The van der Waals surface area contributed by atoms with Gasteiger partial charge in [-0.15, -0.1) is 0 Å². The van der Waals surface area contributed by atoms with E-state index in [-0.39, 0.29) is 6.10 Å². The first-order chi connectivity index (χ1) is 10.6. The van der Waals surface area contributed by atoms with E-state index in [2.05, 4.69) is 44.0 Å². The van der Waals surface area contributed by atoms with Gasteiger partial charge in [-0.25, -0.2) is 0 Å². The lowest BCUT2D eigenvalue weighted by Crippen LogP contribution is -2.59. The second-order valence-electron chi connectivity index (χ2n) is 8.00. The molecular formula is C20H29NO. The smallest absolute Gasteiger partial charge is 0.119 e. The SMILES string of the molecule is CC(C)Oc1ccc2c(c1)[C@]13CCCCC1[C@@H](C2)N(C)CC3. The maximum atomic E-state index is 6.01. The number of benzene rings is 1. The number of piperidine rings is 1. The first-order valence-electron chi connectivity index (χ1n) is 9.10. The Morgan fingerprint density at radius 3 is 2.91 bits per heavy atom. The fraction of sp³-hybridized carbons (Fsp3) is 0.700. The van der Waals surface area contributed by atoms with Gasteiger partial charge in [0, 0.05) is 11.5 Å². The third-order valence-electron chi connectivity index (χ3n) is 6.46. The Labute approximate surface area is 134 Å². The van der Waals surface area contributed by atoms with Crippen molar-refractivity contribution in [2.45, 2.75) is 69.9 Å². The van der Waals surface area contributed by atoms with E-state index in [9.17, 15) is 0 Å². The molecule has 2 heteroatoms. The molecule has 1 saturated heterocycles. The fourth-order valence-corrected chi connectivity index (χ4v) is 5.52. The Hall–Kier alpha value is -1.02. The molecule has 2 bridgehead atoms. The van der Waals surface area contributed by atoms with Crippen molar-refractivity contribution in [2.75, 3.05) is 13.6 Å². The van der Waals surface area contributed by atoms with Gasteiger partial charge in [-0.1, -0.05) is 18.9 Å². The van der Waals surface area contributed by atoms with Crippen LogP contribution >= 0.6 is 0 Å². The second-order valence-corrected chi connectivity index (χ2v) is 8.00. The molecule has 1 heterocycles. The molecule has 0 aromatic heterocycles. The van der Waals surface area contributed by atoms with Crippen molar-refractivity contribution in [1.29, 1.82) is 0 Å². The molecule has 2 fully saturated rings. The van der Waals surface area contributed by atoms with Crippen LogP contribution in [0.3, 0.4) is 0 Å². The molecule has 22 heavy (non-hydrogen) atoms. The summed E-state index contributed by atoms with van der Waals surface area (Å²) >= 11 is 0. The van der Waals surface area contributed by atoms with Gasteiger partial charge in [0.2, 0.25) is 0 Å². The number of likely N-dealkylation sites (tertiary alicyclic amines) is 1. The van der Waals surface area contributed by atoms with Crippen molar-refractivity contribution in [1.82, 2.24) is 4.90 Å². The minimum atomic E-state index is 0.256. The van der Waals surface area contributed by atoms with Gasteiger partial charge in [0.15, 0.2) is 0 Å². The molecule has 1 unspecified atom stereocenters. The number of rotatable bonds is 2. The van der Waals surface area contributed by atoms with Crippen molar-refractivity contribution >= 4 is 0 Å². The average molecular weight is 299 g/mol. The first-order valence-corrected chi connectivity index (χ1v) is 9.10. The van der Waals surface area contributed by atoms with Crippen LogP contribution in [0.2, 0.25) is 0 Å². The molecule has 120 valence electrons. The summed E-state index contributed by atoms with van der Waals surface area (Å²) in [6.45, 7) is 5.50. The van der Waals surface area contributed by atoms with Gasteiger partial charge < -0.3 is 9.64 Å². The first kappa shape index (κ1) is 14.6. The topological polar surface area (TPSA) is 12.5 Å². The summed E-state index contributed by atoms with van der Waals surface area (Å²) in [4.78, 5) is 2.63. The molecule has 3 aliphatic rings. The van der Waals surface area contributed by atoms with E-state index in [4.69, 9.17) is 4.74 Å². The molecular weight excluding hydrogens is 270 g/mol. The normalized spacial score (nSPS) is 34.2. The van der Waals surface area contributed by atoms with E-state index in [0.717, 1.165) is 17.7 Å². The minimum Gasteiger partial charge on any atom is -0.491 e. The van der Waals surface area contributed by atoms with E-state index < -0.39 is 0 Å². The number of fused-ring (bicyclic) bond motifs is 1. The van der Waals surface area contributed by atoms with Crippen molar-refractivity contribution < 1.29 is 4.74 Å². The molecule has 2 aliphatic carbocycles. The highest BCUT2D eigenvalue weighted by Crippen LogP contribution is 2.55. The maximum absolute atomic E-state index is 6.01. The van der Waals surface area contributed by atoms with E-state index in [1.807, 2.05) is 0 Å². The van der Waals surface area contributed by atoms with Crippen LogP contribution in [-0.2, 0) is 11.8 Å². The quantitative estimate of drug-likeness (QED) is 0.813. The molecule has 0 N–H and O–H groups in total. The highest BCUT2D eigenvalue weighted by Gasteiger charge is 2.53. The number of hydrogen-bond acceptors (Lipinski definition) is 2. The van der Waals surface area contributed by atoms with Gasteiger partial charge in [0.1, 0.15) is 5.75 Å². The van der Waals surface area contributed by atoms with Crippen LogP contribution < -0.4 is 4.74 Å². The maximum Gasteiger partial charge on any atom is 0.119 e. The van der Waals surface area contributed by atoms with Gasteiger partial charge in [0.05, 0.1) is 6.10 Å². The Kier molecular flexibility index (Phi) is 3.48. The summed E-state index contributed by atoms with van der Waals surface area (Å²) in [5.41, 5.74) is 3.67. The summed E-state index contributed by atoms with van der Waals surface area (Å²) in [5.74, 6) is 1.94. The van der Waals surface area contributed by atoms with Crippen molar-refractivity contribution in [2.24, 2.45) is 5.92 Å². The predicted molar refractivity (Wildman–Crippen MR) is 90.6 cm³/mol. The van der Waals surface area contributed by atoms with E-state index in [0.29, 0.717) is 5.41 Å².